The molecule has 1 amide bonds. The van der Waals surface area contributed by atoms with Crippen molar-refractivity contribution in [1.29, 1.82) is 0 Å². The first-order chi connectivity index (χ1) is 7.52. The number of rotatable bonds is 4. The number of carboxylic acid groups (broad SMARTS) is 2. The van der Waals surface area contributed by atoms with Crippen molar-refractivity contribution in [2.45, 2.75) is 25.7 Å². The molecule has 1 rings (SSSR count). The summed E-state index contributed by atoms with van der Waals surface area (Å²) in [7, 11) is 0. The fraction of sp³-hybridized carbons (Fsp3) is 0.700. The number of carbonyl (C=O) groups excluding carboxylic acids is 1. The molecule has 6 nitrogen and oxygen atoms in total. The van der Waals surface area contributed by atoms with E-state index in [1.807, 2.05) is 0 Å². The van der Waals surface area contributed by atoms with Gasteiger partial charge in [0.2, 0.25) is 5.91 Å². The van der Waals surface area contributed by atoms with Crippen LogP contribution in [0, 0.1) is 11.8 Å². The molecule has 0 saturated heterocycles. The van der Waals surface area contributed by atoms with E-state index in [1.54, 1.807) is 0 Å². The maximum absolute atomic E-state index is 11.6. The Morgan fingerprint density at radius 2 is 1.62 bits per heavy atom. The monoisotopic (exact) mass is 229 g/mol. The summed E-state index contributed by atoms with van der Waals surface area (Å²) in [6.45, 7) is -0.457. The van der Waals surface area contributed by atoms with E-state index < -0.39 is 36.2 Å². The zero-order valence-electron chi connectivity index (χ0n) is 8.81. The summed E-state index contributed by atoms with van der Waals surface area (Å²) in [5, 5.41) is 19.6. The average Bonchev–Trinajstić information content (AvgIpc) is 2.25. The van der Waals surface area contributed by atoms with E-state index in [0.29, 0.717) is 12.8 Å². The molecule has 16 heavy (non-hydrogen) atoms. The Morgan fingerprint density at radius 3 is 2.12 bits per heavy atom. The van der Waals surface area contributed by atoms with E-state index in [9.17, 15) is 14.4 Å². The van der Waals surface area contributed by atoms with Gasteiger partial charge in [0.25, 0.3) is 0 Å². The third-order valence-electron chi connectivity index (χ3n) is 2.83. The number of hydrogen-bond acceptors (Lipinski definition) is 3. The predicted octanol–water partition coefficient (Wildman–Crippen LogP) is 0.0782. The minimum absolute atomic E-state index is 0.457. The molecule has 0 heterocycles. The maximum Gasteiger partial charge on any atom is 0.322 e. The van der Waals surface area contributed by atoms with Crippen molar-refractivity contribution >= 4 is 17.8 Å². The quantitative estimate of drug-likeness (QED) is 0.633. The minimum atomic E-state index is -1.13. The number of amides is 1. The fourth-order valence-electron chi connectivity index (χ4n) is 2.03. The molecule has 1 fully saturated rings. The van der Waals surface area contributed by atoms with Crippen LogP contribution in [0.15, 0.2) is 0 Å². The Bertz CT molecular complexity index is 302. The van der Waals surface area contributed by atoms with Gasteiger partial charge in [-0.1, -0.05) is 12.8 Å². The lowest BCUT2D eigenvalue weighted by atomic mass is 9.79. The average molecular weight is 229 g/mol. The minimum Gasteiger partial charge on any atom is -0.481 e. The number of carbonyl (C=O) groups is 3. The molecule has 0 aliphatic heterocycles. The van der Waals surface area contributed by atoms with E-state index in [1.165, 1.54) is 0 Å². The second kappa shape index (κ2) is 5.48. The summed E-state index contributed by atoms with van der Waals surface area (Å²) in [4.78, 5) is 32.8. The molecular weight excluding hydrogens is 214 g/mol. The van der Waals surface area contributed by atoms with Gasteiger partial charge in [0.1, 0.15) is 6.54 Å². The first-order valence-electron chi connectivity index (χ1n) is 5.24. The lowest BCUT2D eigenvalue weighted by Crippen LogP contribution is -2.41. The molecule has 2 atom stereocenters. The summed E-state index contributed by atoms with van der Waals surface area (Å²) in [5.41, 5.74) is 0. The second-order valence-corrected chi connectivity index (χ2v) is 3.95. The molecule has 1 saturated carbocycles. The van der Waals surface area contributed by atoms with E-state index >= 15 is 0 Å². The van der Waals surface area contributed by atoms with Gasteiger partial charge in [0, 0.05) is 0 Å². The normalized spacial score (nSPS) is 24.8. The van der Waals surface area contributed by atoms with Crippen molar-refractivity contribution in [3.63, 3.8) is 0 Å². The largest absolute Gasteiger partial charge is 0.481 e. The third kappa shape index (κ3) is 3.22. The molecule has 0 aromatic rings. The topological polar surface area (TPSA) is 104 Å². The molecule has 0 aromatic carbocycles. The van der Waals surface area contributed by atoms with Gasteiger partial charge in [-0.3, -0.25) is 14.4 Å². The smallest absolute Gasteiger partial charge is 0.322 e. The van der Waals surface area contributed by atoms with Crippen LogP contribution < -0.4 is 5.32 Å². The van der Waals surface area contributed by atoms with E-state index in [2.05, 4.69) is 5.32 Å². The van der Waals surface area contributed by atoms with Crippen LogP contribution >= 0.6 is 0 Å². The zero-order chi connectivity index (χ0) is 12.1. The van der Waals surface area contributed by atoms with Crippen molar-refractivity contribution < 1.29 is 24.6 Å². The molecule has 90 valence electrons. The van der Waals surface area contributed by atoms with Crippen LogP contribution in [0.25, 0.3) is 0 Å². The van der Waals surface area contributed by atoms with E-state index in [0.717, 1.165) is 12.8 Å². The number of carboxylic acids is 2. The van der Waals surface area contributed by atoms with Crippen LogP contribution in [0.4, 0.5) is 0 Å². The Morgan fingerprint density at radius 1 is 1.06 bits per heavy atom. The van der Waals surface area contributed by atoms with Gasteiger partial charge in [0.15, 0.2) is 0 Å². The van der Waals surface area contributed by atoms with Crippen LogP contribution in [0.3, 0.4) is 0 Å². The molecule has 0 spiro atoms. The zero-order valence-corrected chi connectivity index (χ0v) is 8.81. The van der Waals surface area contributed by atoms with Crippen LogP contribution in [0.1, 0.15) is 25.7 Å². The van der Waals surface area contributed by atoms with Gasteiger partial charge in [-0.25, -0.2) is 0 Å². The van der Waals surface area contributed by atoms with Crippen LogP contribution in [0.5, 0.6) is 0 Å². The van der Waals surface area contributed by atoms with Gasteiger partial charge >= 0.3 is 11.9 Å². The van der Waals surface area contributed by atoms with Gasteiger partial charge in [-0.15, -0.1) is 0 Å². The Kier molecular flexibility index (Phi) is 4.28. The van der Waals surface area contributed by atoms with Crippen molar-refractivity contribution in [3.8, 4) is 0 Å². The Balaban J connectivity index is 2.57. The Hall–Kier alpha value is -1.59. The van der Waals surface area contributed by atoms with Crippen LogP contribution in [-0.2, 0) is 14.4 Å². The van der Waals surface area contributed by atoms with Crippen molar-refractivity contribution in [1.82, 2.24) is 5.32 Å². The molecule has 3 N–H and O–H groups in total. The maximum atomic E-state index is 11.6. The predicted molar refractivity (Wildman–Crippen MR) is 53.7 cm³/mol. The van der Waals surface area contributed by atoms with Crippen molar-refractivity contribution in [2.24, 2.45) is 11.8 Å². The van der Waals surface area contributed by atoms with Gasteiger partial charge in [0.05, 0.1) is 11.8 Å². The molecule has 1 aliphatic carbocycles. The van der Waals surface area contributed by atoms with E-state index in [-0.39, 0.29) is 0 Å². The van der Waals surface area contributed by atoms with Gasteiger partial charge in [-0.2, -0.15) is 0 Å². The second-order valence-electron chi connectivity index (χ2n) is 3.95. The highest BCUT2D eigenvalue weighted by Gasteiger charge is 2.35. The lowest BCUT2D eigenvalue weighted by molar-refractivity contribution is -0.149. The molecule has 0 radical (unpaired) electrons. The molecule has 0 aromatic heterocycles. The lowest BCUT2D eigenvalue weighted by Gasteiger charge is -2.27. The highest BCUT2D eigenvalue weighted by Crippen LogP contribution is 2.30. The third-order valence-corrected chi connectivity index (χ3v) is 2.83. The molecular formula is C10H15NO5. The number of hydrogen-bond donors (Lipinski definition) is 3. The SMILES string of the molecule is O=C(O)CNC(=O)[C@H]1CCCC[C@H]1C(=O)O. The highest BCUT2D eigenvalue weighted by molar-refractivity contribution is 5.87. The summed E-state index contributed by atoms with van der Waals surface area (Å²) >= 11 is 0. The molecule has 0 unspecified atom stereocenters. The highest BCUT2D eigenvalue weighted by atomic mass is 16.4. The first-order valence-corrected chi connectivity index (χ1v) is 5.24. The first kappa shape index (κ1) is 12.5. The standard InChI is InChI=1S/C10H15NO5/c12-8(13)5-11-9(14)6-3-1-2-4-7(6)10(15)16/h6-7H,1-5H2,(H,11,14)(H,12,13)(H,15,16)/t6-,7+/m0/s1. The van der Waals surface area contributed by atoms with E-state index in [4.69, 9.17) is 10.2 Å². The summed E-state index contributed by atoms with van der Waals surface area (Å²) in [5.74, 6) is -3.84. The molecule has 1 aliphatic rings. The summed E-state index contributed by atoms with van der Waals surface area (Å²) in [6.07, 6.45) is 2.62. The number of aliphatic carboxylic acids is 2. The molecule has 0 bridgehead atoms. The van der Waals surface area contributed by atoms with Gasteiger partial charge in [-0.05, 0) is 12.8 Å². The fourth-order valence-corrected chi connectivity index (χ4v) is 2.03. The summed E-state index contributed by atoms with van der Waals surface area (Å²) in [6, 6.07) is 0. The summed E-state index contributed by atoms with van der Waals surface area (Å²) < 4.78 is 0. The van der Waals surface area contributed by atoms with Gasteiger partial charge < -0.3 is 15.5 Å². The molecule has 6 heteroatoms. The Labute approximate surface area is 92.6 Å². The van der Waals surface area contributed by atoms with Crippen molar-refractivity contribution in [3.05, 3.63) is 0 Å². The van der Waals surface area contributed by atoms with Crippen molar-refractivity contribution in [2.75, 3.05) is 6.54 Å². The van der Waals surface area contributed by atoms with Crippen LogP contribution in [0.2, 0.25) is 0 Å². The number of nitrogens with one attached hydrogen (secondary N) is 1. The van der Waals surface area contributed by atoms with Crippen LogP contribution in [-0.4, -0.2) is 34.6 Å².